The van der Waals surface area contributed by atoms with Gasteiger partial charge in [0, 0.05) is 50.6 Å². The van der Waals surface area contributed by atoms with E-state index in [1.165, 1.54) is 19.1 Å². The van der Waals surface area contributed by atoms with E-state index in [9.17, 15) is 33.6 Å². The van der Waals surface area contributed by atoms with Crippen molar-refractivity contribution in [2.24, 2.45) is 5.92 Å². The number of hydrogen-bond donors (Lipinski definition) is 3. The van der Waals surface area contributed by atoms with Gasteiger partial charge in [-0.2, -0.15) is 0 Å². The summed E-state index contributed by atoms with van der Waals surface area (Å²) in [7, 11) is 0. The number of amides is 6. The highest BCUT2D eigenvalue weighted by atomic mass is 16.5. The number of imide groups is 2. The number of benzene rings is 1. The third-order valence-corrected chi connectivity index (χ3v) is 5.49. The van der Waals surface area contributed by atoms with Crippen LogP contribution in [-0.2, 0) is 44.8 Å². The van der Waals surface area contributed by atoms with Crippen LogP contribution in [-0.4, -0.2) is 72.6 Å². The second-order valence-electron chi connectivity index (χ2n) is 8.54. The Bertz CT molecular complexity index is 1100. The number of Topliss-reactive ketones (excluding diaryl/α,β-unsaturated/α-hetero) is 1. The van der Waals surface area contributed by atoms with E-state index < -0.39 is 41.5 Å². The van der Waals surface area contributed by atoms with Crippen LogP contribution in [0.15, 0.2) is 36.4 Å². The summed E-state index contributed by atoms with van der Waals surface area (Å²) < 4.78 is 10.2. The van der Waals surface area contributed by atoms with Crippen LogP contribution < -0.4 is 16.0 Å². The van der Waals surface area contributed by atoms with Crippen LogP contribution in [0.5, 0.6) is 0 Å². The van der Waals surface area contributed by atoms with Gasteiger partial charge in [-0.25, -0.2) is 4.79 Å². The van der Waals surface area contributed by atoms with Gasteiger partial charge in [0.15, 0.2) is 0 Å². The van der Waals surface area contributed by atoms with Crippen molar-refractivity contribution in [1.82, 2.24) is 15.5 Å². The molecule has 0 spiro atoms. The first-order chi connectivity index (χ1) is 18.6. The van der Waals surface area contributed by atoms with Gasteiger partial charge < -0.3 is 20.1 Å². The number of hydrogen-bond acceptors (Lipinski definition) is 9. The molecule has 2 rings (SSSR count). The first-order valence-electron chi connectivity index (χ1n) is 12.3. The normalized spacial score (nSPS) is 13.1. The van der Waals surface area contributed by atoms with Crippen LogP contribution in [0, 0.1) is 5.92 Å². The van der Waals surface area contributed by atoms with Crippen molar-refractivity contribution in [2.45, 2.75) is 39.7 Å². The molecule has 0 saturated heterocycles. The molecule has 1 unspecified atom stereocenters. The largest absolute Gasteiger partial charge is 0.461 e. The second kappa shape index (κ2) is 15.8. The SMILES string of the molecule is CCC(=O)CC(CC(=O)NCCOCCN1C(=O)C=CC1=O)C(=O)NC(=O)Nc1ccc(COC(C)=O)cc1. The molecule has 6 amide bonds. The second-order valence-corrected chi connectivity index (χ2v) is 8.54. The number of anilines is 1. The highest BCUT2D eigenvalue weighted by molar-refractivity contribution is 6.12. The van der Waals surface area contributed by atoms with E-state index >= 15 is 0 Å². The average molecular weight is 545 g/mol. The van der Waals surface area contributed by atoms with E-state index in [0.717, 1.165) is 4.90 Å². The Balaban J connectivity index is 1.77. The Hall–Kier alpha value is -4.39. The van der Waals surface area contributed by atoms with Gasteiger partial charge in [0.2, 0.25) is 11.8 Å². The van der Waals surface area contributed by atoms with E-state index in [1.54, 1.807) is 31.2 Å². The third-order valence-electron chi connectivity index (χ3n) is 5.49. The Morgan fingerprint density at radius 2 is 1.62 bits per heavy atom. The number of rotatable bonds is 15. The van der Waals surface area contributed by atoms with Gasteiger partial charge in [-0.15, -0.1) is 0 Å². The maximum absolute atomic E-state index is 12.7. The molecule has 1 aromatic carbocycles. The Morgan fingerprint density at radius 1 is 0.949 bits per heavy atom. The number of nitrogens with one attached hydrogen (secondary N) is 3. The summed E-state index contributed by atoms with van der Waals surface area (Å²) in [6.45, 7) is 3.38. The van der Waals surface area contributed by atoms with Crippen molar-refractivity contribution in [3.8, 4) is 0 Å². The van der Waals surface area contributed by atoms with Crippen LogP contribution in [0.1, 0.15) is 38.7 Å². The smallest absolute Gasteiger partial charge is 0.325 e. The van der Waals surface area contributed by atoms with E-state index in [2.05, 4.69) is 16.0 Å². The highest BCUT2D eigenvalue weighted by Gasteiger charge is 2.26. The number of esters is 1. The lowest BCUT2D eigenvalue weighted by molar-refractivity contribution is -0.142. The van der Waals surface area contributed by atoms with Gasteiger partial charge in [0.25, 0.3) is 11.8 Å². The summed E-state index contributed by atoms with van der Waals surface area (Å²) in [4.78, 5) is 84.2. The molecule has 1 heterocycles. The zero-order valence-corrected chi connectivity index (χ0v) is 21.8. The van der Waals surface area contributed by atoms with Crippen molar-refractivity contribution in [1.29, 1.82) is 0 Å². The third kappa shape index (κ3) is 11.3. The molecular formula is C26H32N4O9. The first kappa shape index (κ1) is 30.8. The van der Waals surface area contributed by atoms with Crippen molar-refractivity contribution >= 4 is 47.1 Å². The summed E-state index contributed by atoms with van der Waals surface area (Å²) in [5.41, 5.74) is 1.08. The molecule has 1 aromatic rings. The number of ether oxygens (including phenoxy) is 2. The van der Waals surface area contributed by atoms with Gasteiger partial charge >= 0.3 is 12.0 Å². The lowest BCUT2D eigenvalue weighted by Gasteiger charge is -2.16. The topological polar surface area (TPSA) is 177 Å². The molecule has 1 aliphatic rings. The van der Waals surface area contributed by atoms with Crippen LogP contribution in [0.4, 0.5) is 10.5 Å². The molecule has 0 aromatic heterocycles. The number of carbonyl (C=O) groups is 7. The molecule has 0 fully saturated rings. The van der Waals surface area contributed by atoms with Crippen molar-refractivity contribution in [3.05, 3.63) is 42.0 Å². The molecule has 1 atom stereocenters. The molecule has 0 bridgehead atoms. The standard InChI is InChI=1S/C26H32N4O9/c1-3-21(32)14-19(15-22(33)27-10-12-38-13-11-30-23(34)8-9-24(30)35)25(36)29-26(37)28-20-6-4-18(5-7-20)16-39-17(2)31/h4-9,19H,3,10-16H2,1-2H3,(H,27,33)(H2,28,29,36,37). The minimum Gasteiger partial charge on any atom is -0.461 e. The number of ketones is 1. The number of urea groups is 1. The van der Waals surface area contributed by atoms with Gasteiger partial charge in [-0.05, 0) is 17.7 Å². The predicted molar refractivity (Wildman–Crippen MR) is 137 cm³/mol. The fourth-order valence-corrected chi connectivity index (χ4v) is 3.39. The zero-order chi connectivity index (χ0) is 28.8. The Labute approximate surface area is 225 Å². The van der Waals surface area contributed by atoms with Crippen LogP contribution >= 0.6 is 0 Å². The molecule has 0 saturated carbocycles. The molecule has 13 heteroatoms. The minimum atomic E-state index is -1.06. The predicted octanol–water partition coefficient (Wildman–Crippen LogP) is 0.831. The van der Waals surface area contributed by atoms with E-state index in [0.29, 0.717) is 11.3 Å². The van der Waals surface area contributed by atoms with Crippen LogP contribution in [0.3, 0.4) is 0 Å². The van der Waals surface area contributed by atoms with E-state index in [4.69, 9.17) is 9.47 Å². The lowest BCUT2D eigenvalue weighted by Crippen LogP contribution is -2.41. The summed E-state index contributed by atoms with van der Waals surface area (Å²) in [5, 5.41) is 7.22. The van der Waals surface area contributed by atoms with Gasteiger partial charge in [0.1, 0.15) is 12.4 Å². The highest BCUT2D eigenvalue weighted by Crippen LogP contribution is 2.13. The molecule has 0 radical (unpaired) electrons. The molecule has 1 aliphatic heterocycles. The van der Waals surface area contributed by atoms with Crippen molar-refractivity contribution < 1.29 is 43.0 Å². The summed E-state index contributed by atoms with van der Waals surface area (Å²) in [6.07, 6.45) is 1.99. The maximum Gasteiger partial charge on any atom is 0.325 e. The van der Waals surface area contributed by atoms with Crippen molar-refractivity contribution in [2.75, 3.05) is 31.6 Å². The molecular weight excluding hydrogens is 512 g/mol. The summed E-state index contributed by atoms with van der Waals surface area (Å²) in [5.74, 6) is -3.83. The zero-order valence-electron chi connectivity index (χ0n) is 21.8. The molecule has 0 aliphatic carbocycles. The number of nitrogens with zero attached hydrogens (tertiary/aromatic N) is 1. The molecule has 39 heavy (non-hydrogen) atoms. The van der Waals surface area contributed by atoms with Crippen molar-refractivity contribution in [3.63, 3.8) is 0 Å². The van der Waals surface area contributed by atoms with Gasteiger partial charge in [-0.1, -0.05) is 19.1 Å². The minimum absolute atomic E-state index is 0.0833. The van der Waals surface area contributed by atoms with Crippen LogP contribution in [0.2, 0.25) is 0 Å². The van der Waals surface area contributed by atoms with Gasteiger partial charge in [-0.3, -0.25) is 39.0 Å². The fraction of sp³-hybridized carbons (Fsp3) is 0.423. The van der Waals surface area contributed by atoms with Crippen LogP contribution in [0.25, 0.3) is 0 Å². The lowest BCUT2D eigenvalue weighted by atomic mass is 9.96. The molecule has 210 valence electrons. The molecule has 13 nitrogen and oxygen atoms in total. The monoisotopic (exact) mass is 544 g/mol. The average Bonchev–Trinajstić information content (AvgIpc) is 3.21. The summed E-state index contributed by atoms with van der Waals surface area (Å²) >= 11 is 0. The Morgan fingerprint density at radius 3 is 2.23 bits per heavy atom. The quantitative estimate of drug-likeness (QED) is 0.164. The van der Waals surface area contributed by atoms with E-state index in [-0.39, 0.29) is 58.0 Å². The maximum atomic E-state index is 12.7. The van der Waals surface area contributed by atoms with E-state index in [1.807, 2.05) is 0 Å². The molecule has 3 N–H and O–H groups in total. The Kier molecular flexibility index (Phi) is 12.5. The van der Waals surface area contributed by atoms with Gasteiger partial charge in [0.05, 0.1) is 25.7 Å². The first-order valence-corrected chi connectivity index (χ1v) is 12.3. The number of carbonyl (C=O) groups excluding carboxylic acids is 7. The summed E-state index contributed by atoms with van der Waals surface area (Å²) in [6, 6.07) is 5.57. The fourth-order valence-electron chi connectivity index (χ4n) is 3.39.